The van der Waals surface area contributed by atoms with Crippen LogP contribution in [0.1, 0.15) is 64.3 Å². The van der Waals surface area contributed by atoms with E-state index in [-0.39, 0.29) is 29.9 Å². The van der Waals surface area contributed by atoms with E-state index in [1.54, 1.807) is 16.5 Å². The Balaban J connectivity index is 1.52. The Hall–Kier alpha value is -2.76. The summed E-state index contributed by atoms with van der Waals surface area (Å²) >= 11 is 5.80. The first-order valence-corrected chi connectivity index (χ1v) is 12.7. The van der Waals surface area contributed by atoms with Gasteiger partial charge in [0.25, 0.3) is 0 Å². The molecule has 1 amide bonds. The standard InChI is InChI=1S/C24H32ClF3N6O3/c1-13-10-33(22(35)37-23(3,4)5)11-15(13)12-36-18-14(2)32-34(16-7-6-8-16)20(18)31-21-29-9-17(19(25)30-21)24(26,27)28/h9,13,15-16H,6-8,10-12H2,1-5H3,(H,29,30,31)/t13-,15+/m1/s1. The average Bonchev–Trinajstić information content (AvgIpc) is 3.23. The second-order valence-electron chi connectivity index (χ2n) is 10.7. The molecule has 13 heteroatoms. The molecule has 1 N–H and O–H groups in total. The number of carbonyl (C=O) groups excluding carboxylic acids is 1. The third-order valence-corrected chi connectivity index (χ3v) is 6.88. The van der Waals surface area contributed by atoms with Crippen LogP contribution in [-0.2, 0) is 10.9 Å². The molecule has 0 spiro atoms. The zero-order valence-corrected chi connectivity index (χ0v) is 22.3. The maximum atomic E-state index is 13.1. The SMILES string of the molecule is Cc1nn(C2CCC2)c(Nc2ncc(C(F)(F)F)c(Cl)n2)c1OC[C@@H]1CN(C(=O)OC(C)(C)C)C[C@H]1C. The molecule has 2 atom stereocenters. The minimum atomic E-state index is -4.65. The number of rotatable bonds is 6. The molecule has 9 nitrogen and oxygen atoms in total. The number of anilines is 2. The molecule has 1 saturated heterocycles. The van der Waals surface area contributed by atoms with Crippen LogP contribution in [0.15, 0.2) is 6.20 Å². The number of amides is 1. The van der Waals surface area contributed by atoms with Crippen molar-refractivity contribution in [1.82, 2.24) is 24.6 Å². The lowest BCUT2D eigenvalue weighted by molar-refractivity contribution is -0.137. The number of carbonyl (C=O) groups is 1. The second-order valence-corrected chi connectivity index (χ2v) is 11.1. The molecule has 2 aromatic heterocycles. The maximum Gasteiger partial charge on any atom is 0.420 e. The lowest BCUT2D eigenvalue weighted by Gasteiger charge is -2.27. The Morgan fingerprint density at radius 2 is 1.95 bits per heavy atom. The third kappa shape index (κ3) is 6.22. The van der Waals surface area contributed by atoms with E-state index in [4.69, 9.17) is 21.1 Å². The van der Waals surface area contributed by atoms with Crippen LogP contribution in [0.4, 0.5) is 29.7 Å². The van der Waals surface area contributed by atoms with Crippen molar-refractivity contribution in [1.29, 1.82) is 0 Å². The van der Waals surface area contributed by atoms with Crippen molar-refractivity contribution < 1.29 is 27.4 Å². The summed E-state index contributed by atoms with van der Waals surface area (Å²) in [6.45, 7) is 10.7. The van der Waals surface area contributed by atoms with Gasteiger partial charge in [-0.2, -0.15) is 18.3 Å². The number of nitrogens with one attached hydrogen (secondary N) is 1. The van der Waals surface area contributed by atoms with Crippen molar-refractivity contribution in [3.63, 3.8) is 0 Å². The smallest absolute Gasteiger partial charge is 0.420 e. The van der Waals surface area contributed by atoms with Crippen LogP contribution in [-0.4, -0.2) is 56.0 Å². The summed E-state index contributed by atoms with van der Waals surface area (Å²) in [6.07, 6.45) is -1.44. The number of hydrogen-bond donors (Lipinski definition) is 1. The molecule has 4 rings (SSSR count). The molecule has 2 fully saturated rings. The van der Waals surface area contributed by atoms with Crippen LogP contribution in [0.3, 0.4) is 0 Å². The van der Waals surface area contributed by atoms with E-state index in [0.29, 0.717) is 43.2 Å². The minimum absolute atomic E-state index is 0.0589. The van der Waals surface area contributed by atoms with E-state index in [1.165, 1.54) is 0 Å². The summed E-state index contributed by atoms with van der Waals surface area (Å²) in [7, 11) is 0. The molecule has 37 heavy (non-hydrogen) atoms. The third-order valence-electron chi connectivity index (χ3n) is 6.59. The molecule has 1 aliphatic heterocycles. The Labute approximate surface area is 218 Å². The van der Waals surface area contributed by atoms with E-state index in [9.17, 15) is 18.0 Å². The Bertz CT molecular complexity index is 1150. The Morgan fingerprint density at radius 1 is 1.24 bits per heavy atom. The number of hydrogen-bond acceptors (Lipinski definition) is 7. The first-order valence-electron chi connectivity index (χ1n) is 12.3. The number of nitrogens with zero attached hydrogens (tertiary/aromatic N) is 5. The van der Waals surface area contributed by atoms with Crippen LogP contribution in [0.5, 0.6) is 5.75 Å². The van der Waals surface area contributed by atoms with Gasteiger partial charge in [0, 0.05) is 25.2 Å². The van der Waals surface area contributed by atoms with E-state index >= 15 is 0 Å². The predicted molar refractivity (Wildman–Crippen MR) is 131 cm³/mol. The van der Waals surface area contributed by atoms with Crippen LogP contribution < -0.4 is 10.1 Å². The molecule has 1 saturated carbocycles. The number of alkyl halides is 3. The number of aromatic nitrogens is 4. The second kappa shape index (κ2) is 10.2. The van der Waals surface area contributed by atoms with Gasteiger partial charge in [-0.1, -0.05) is 18.5 Å². The topological polar surface area (TPSA) is 94.4 Å². The zero-order valence-electron chi connectivity index (χ0n) is 21.5. The Morgan fingerprint density at radius 3 is 2.51 bits per heavy atom. The van der Waals surface area contributed by atoms with Crippen LogP contribution in [0.25, 0.3) is 0 Å². The highest BCUT2D eigenvalue weighted by Gasteiger charge is 2.37. The predicted octanol–water partition coefficient (Wildman–Crippen LogP) is 6.00. The number of likely N-dealkylation sites (tertiary alicyclic amines) is 1. The van der Waals surface area contributed by atoms with Gasteiger partial charge in [0.1, 0.15) is 22.0 Å². The lowest BCUT2D eigenvalue weighted by Crippen LogP contribution is -2.35. The summed E-state index contributed by atoms with van der Waals surface area (Å²) in [6, 6.07) is 0.136. The molecule has 0 bridgehead atoms. The van der Waals surface area contributed by atoms with E-state index in [0.717, 1.165) is 19.3 Å². The molecule has 1 aliphatic carbocycles. The lowest BCUT2D eigenvalue weighted by atomic mass is 9.93. The zero-order chi connectivity index (χ0) is 27.1. The highest BCUT2D eigenvalue weighted by molar-refractivity contribution is 6.30. The first-order chi connectivity index (χ1) is 17.2. The fourth-order valence-electron chi connectivity index (χ4n) is 4.35. The number of aryl methyl sites for hydroxylation is 1. The molecule has 0 radical (unpaired) electrons. The van der Waals surface area contributed by atoms with Crippen molar-refractivity contribution in [2.75, 3.05) is 25.0 Å². The maximum absolute atomic E-state index is 13.1. The molecule has 2 aromatic rings. The van der Waals surface area contributed by atoms with Gasteiger partial charge in [-0.15, -0.1) is 0 Å². The van der Waals surface area contributed by atoms with E-state index in [1.807, 2.05) is 20.8 Å². The first kappa shape index (κ1) is 27.3. The van der Waals surface area contributed by atoms with Crippen molar-refractivity contribution in [2.45, 2.75) is 71.7 Å². The van der Waals surface area contributed by atoms with Gasteiger partial charge in [-0.3, -0.25) is 0 Å². The van der Waals surface area contributed by atoms with Gasteiger partial charge in [0.2, 0.25) is 5.95 Å². The highest BCUT2D eigenvalue weighted by Crippen LogP contribution is 2.41. The van der Waals surface area contributed by atoms with Gasteiger partial charge >= 0.3 is 12.3 Å². The van der Waals surface area contributed by atoms with E-state index in [2.05, 4.69) is 27.3 Å². The largest absolute Gasteiger partial charge is 0.487 e. The highest BCUT2D eigenvalue weighted by atomic mass is 35.5. The summed E-state index contributed by atoms with van der Waals surface area (Å²) in [4.78, 5) is 21.8. The van der Waals surface area contributed by atoms with Crippen molar-refractivity contribution in [3.05, 3.63) is 22.6 Å². The van der Waals surface area contributed by atoms with Crippen molar-refractivity contribution in [2.24, 2.45) is 11.8 Å². The summed E-state index contributed by atoms with van der Waals surface area (Å²) in [5.41, 5.74) is -1.06. The van der Waals surface area contributed by atoms with E-state index < -0.39 is 22.5 Å². The van der Waals surface area contributed by atoms with Crippen LogP contribution in [0, 0.1) is 18.8 Å². The van der Waals surface area contributed by atoms with Gasteiger partial charge in [-0.25, -0.2) is 19.4 Å². The van der Waals surface area contributed by atoms with Crippen molar-refractivity contribution >= 4 is 29.5 Å². The molecule has 0 aromatic carbocycles. The molecule has 0 unspecified atom stereocenters. The molecular weight excluding hydrogens is 513 g/mol. The number of ether oxygens (including phenoxy) is 2. The summed E-state index contributed by atoms with van der Waals surface area (Å²) in [5, 5.41) is 6.93. The molecular formula is C24H32ClF3N6O3. The molecule has 204 valence electrons. The fourth-order valence-corrected chi connectivity index (χ4v) is 4.59. The van der Waals surface area contributed by atoms with Gasteiger partial charge in [0.05, 0.1) is 12.6 Å². The van der Waals surface area contributed by atoms with Crippen LogP contribution in [0.2, 0.25) is 5.15 Å². The van der Waals surface area contributed by atoms with Gasteiger partial charge < -0.3 is 19.7 Å². The molecule has 3 heterocycles. The normalized spacial score (nSPS) is 20.6. The quantitative estimate of drug-likeness (QED) is 0.445. The average molecular weight is 545 g/mol. The minimum Gasteiger partial charge on any atom is -0.487 e. The fraction of sp³-hybridized carbons (Fsp3) is 0.667. The van der Waals surface area contributed by atoms with Crippen LogP contribution >= 0.6 is 11.6 Å². The summed E-state index contributed by atoms with van der Waals surface area (Å²) in [5.74, 6) is 1.09. The summed E-state index contributed by atoms with van der Waals surface area (Å²) < 4.78 is 52.8. The molecule has 2 aliphatic rings. The van der Waals surface area contributed by atoms with Gasteiger partial charge in [-0.05, 0) is 52.9 Å². The Kier molecular flexibility index (Phi) is 7.51. The van der Waals surface area contributed by atoms with Gasteiger partial charge in [0.15, 0.2) is 11.6 Å². The monoisotopic (exact) mass is 544 g/mol. The number of halogens is 4. The van der Waals surface area contributed by atoms with Crippen molar-refractivity contribution in [3.8, 4) is 5.75 Å².